The van der Waals surface area contributed by atoms with E-state index in [1.54, 1.807) is 18.3 Å². The van der Waals surface area contributed by atoms with E-state index in [4.69, 9.17) is 11.6 Å². The van der Waals surface area contributed by atoms with Crippen LogP contribution in [0.1, 0.15) is 5.56 Å². The molecule has 4 aromatic rings. The fourth-order valence-electron chi connectivity index (χ4n) is 2.48. The monoisotopic (exact) mass is 400 g/mol. The number of hydrogen-bond acceptors (Lipinski definition) is 3. The second kappa shape index (κ2) is 5.89. The molecule has 24 heavy (non-hydrogen) atoms. The highest BCUT2D eigenvalue weighted by molar-refractivity contribution is 9.10. The lowest BCUT2D eigenvalue weighted by Gasteiger charge is -1.98. The summed E-state index contributed by atoms with van der Waals surface area (Å²) in [5, 5.41) is 5.66. The summed E-state index contributed by atoms with van der Waals surface area (Å²) in [5.41, 5.74) is 2.41. The Labute approximate surface area is 149 Å². The Morgan fingerprint density at radius 2 is 2.00 bits per heavy atom. The molecule has 0 saturated heterocycles. The quantitative estimate of drug-likeness (QED) is 0.512. The molecule has 7 heteroatoms. The Hall–Kier alpha value is -2.44. The van der Waals surface area contributed by atoms with Crippen LogP contribution in [0.4, 0.5) is 0 Å². The van der Waals surface area contributed by atoms with Crippen molar-refractivity contribution >= 4 is 55.7 Å². The van der Waals surface area contributed by atoms with Crippen molar-refractivity contribution in [3.8, 4) is 0 Å². The molecular formula is C17H10BrClN4O. The van der Waals surface area contributed by atoms with Crippen molar-refractivity contribution in [1.29, 1.82) is 0 Å². The van der Waals surface area contributed by atoms with E-state index in [1.807, 2.05) is 30.3 Å². The van der Waals surface area contributed by atoms with E-state index in [0.717, 1.165) is 20.9 Å². The third-order valence-corrected chi connectivity index (χ3v) is 4.42. The lowest BCUT2D eigenvalue weighted by atomic mass is 10.2. The first-order valence-electron chi connectivity index (χ1n) is 7.10. The van der Waals surface area contributed by atoms with E-state index in [9.17, 15) is 4.79 Å². The lowest BCUT2D eigenvalue weighted by Crippen LogP contribution is -2.17. The fourth-order valence-corrected chi connectivity index (χ4v) is 2.92. The van der Waals surface area contributed by atoms with Gasteiger partial charge in [-0.3, -0.25) is 4.79 Å². The first-order valence-corrected chi connectivity index (χ1v) is 8.27. The van der Waals surface area contributed by atoms with Crippen LogP contribution in [0.15, 0.2) is 63.2 Å². The molecular weight excluding hydrogens is 392 g/mol. The van der Waals surface area contributed by atoms with Gasteiger partial charge < -0.3 is 4.98 Å². The topological polar surface area (TPSA) is 63.0 Å². The van der Waals surface area contributed by atoms with E-state index in [0.29, 0.717) is 16.1 Å². The highest BCUT2D eigenvalue weighted by Gasteiger charge is 2.10. The number of fused-ring (bicyclic) bond motifs is 3. The van der Waals surface area contributed by atoms with Gasteiger partial charge in [0.2, 0.25) is 0 Å². The molecule has 0 aliphatic heterocycles. The van der Waals surface area contributed by atoms with E-state index >= 15 is 0 Å². The van der Waals surface area contributed by atoms with Crippen molar-refractivity contribution in [3.63, 3.8) is 0 Å². The Balaban J connectivity index is 1.82. The summed E-state index contributed by atoms with van der Waals surface area (Å²) in [4.78, 5) is 20.0. The third-order valence-electron chi connectivity index (χ3n) is 3.65. The Morgan fingerprint density at radius 3 is 2.79 bits per heavy atom. The van der Waals surface area contributed by atoms with Crippen LogP contribution in [0.3, 0.4) is 0 Å². The highest BCUT2D eigenvalue weighted by Crippen LogP contribution is 2.24. The largest absolute Gasteiger partial charge is 0.349 e. The first kappa shape index (κ1) is 15.1. The summed E-state index contributed by atoms with van der Waals surface area (Å²) in [6, 6.07) is 13.0. The number of benzene rings is 2. The van der Waals surface area contributed by atoms with Crippen LogP contribution < -0.4 is 5.56 Å². The Morgan fingerprint density at radius 1 is 1.21 bits per heavy atom. The maximum atomic E-state index is 12.6. The smallest absolute Gasteiger partial charge is 0.298 e. The van der Waals surface area contributed by atoms with Gasteiger partial charge in [0.05, 0.1) is 6.21 Å². The normalized spacial score (nSPS) is 11.8. The van der Waals surface area contributed by atoms with Gasteiger partial charge in [0, 0.05) is 20.4 Å². The number of nitrogens with one attached hydrogen (secondary N) is 1. The number of halogens is 2. The average Bonchev–Trinajstić information content (AvgIpc) is 2.94. The standard InChI is InChI=1S/C17H10BrClN4O/c18-11-3-1-10(2-4-11)8-21-23-9-20-15-13-6-5-12(19)7-14(13)22-16(15)17(23)24/h1-9,22H. The molecule has 0 saturated carbocycles. The Kier molecular flexibility index (Phi) is 3.70. The third kappa shape index (κ3) is 2.64. The van der Waals surface area contributed by atoms with E-state index < -0.39 is 0 Å². The van der Waals surface area contributed by atoms with Crippen molar-refractivity contribution in [2.75, 3.05) is 0 Å². The van der Waals surface area contributed by atoms with Gasteiger partial charge in [0.1, 0.15) is 17.4 Å². The van der Waals surface area contributed by atoms with Gasteiger partial charge in [-0.15, -0.1) is 0 Å². The van der Waals surface area contributed by atoms with Gasteiger partial charge >= 0.3 is 0 Å². The van der Waals surface area contributed by atoms with Crippen molar-refractivity contribution in [2.45, 2.75) is 0 Å². The SMILES string of the molecule is O=c1c2[nH]c3cc(Cl)ccc3c2ncn1N=Cc1ccc(Br)cc1. The molecule has 0 aliphatic rings. The number of aromatic amines is 1. The van der Waals surface area contributed by atoms with Crippen LogP contribution in [-0.2, 0) is 0 Å². The lowest BCUT2D eigenvalue weighted by molar-refractivity contribution is 0.815. The predicted molar refractivity (Wildman–Crippen MR) is 100 cm³/mol. The molecule has 0 bridgehead atoms. The maximum absolute atomic E-state index is 12.6. The summed E-state index contributed by atoms with van der Waals surface area (Å²) in [6.07, 6.45) is 3.03. The van der Waals surface area contributed by atoms with Gasteiger partial charge in [-0.25, -0.2) is 4.98 Å². The van der Waals surface area contributed by atoms with Crippen LogP contribution >= 0.6 is 27.5 Å². The van der Waals surface area contributed by atoms with Gasteiger partial charge in [-0.05, 0) is 35.9 Å². The summed E-state index contributed by atoms with van der Waals surface area (Å²) < 4.78 is 2.19. The first-order chi connectivity index (χ1) is 11.6. The molecule has 2 aromatic heterocycles. The van der Waals surface area contributed by atoms with Gasteiger partial charge in [0.25, 0.3) is 5.56 Å². The summed E-state index contributed by atoms with van der Waals surface area (Å²) in [6.45, 7) is 0. The van der Waals surface area contributed by atoms with Crippen molar-refractivity contribution in [2.24, 2.45) is 5.10 Å². The molecule has 0 spiro atoms. The van der Waals surface area contributed by atoms with Crippen LogP contribution in [0.25, 0.3) is 21.9 Å². The van der Waals surface area contributed by atoms with Crippen LogP contribution in [0, 0.1) is 0 Å². The number of hydrogen-bond donors (Lipinski definition) is 1. The van der Waals surface area contributed by atoms with Crippen molar-refractivity contribution in [1.82, 2.24) is 14.6 Å². The maximum Gasteiger partial charge on any atom is 0.298 e. The summed E-state index contributed by atoms with van der Waals surface area (Å²) >= 11 is 9.37. The minimum atomic E-state index is -0.263. The Bertz CT molecular complexity index is 1150. The van der Waals surface area contributed by atoms with Crippen LogP contribution in [-0.4, -0.2) is 20.9 Å². The van der Waals surface area contributed by atoms with Crippen molar-refractivity contribution < 1.29 is 0 Å². The van der Waals surface area contributed by atoms with E-state index in [2.05, 4.69) is 31.0 Å². The molecule has 0 aliphatic carbocycles. The molecule has 2 heterocycles. The summed E-state index contributed by atoms with van der Waals surface area (Å²) in [5.74, 6) is 0. The van der Waals surface area contributed by atoms with E-state index in [1.165, 1.54) is 11.0 Å². The second-order valence-corrected chi connectivity index (χ2v) is 6.58. The highest BCUT2D eigenvalue weighted by atomic mass is 79.9. The zero-order valence-electron chi connectivity index (χ0n) is 12.2. The van der Waals surface area contributed by atoms with Gasteiger partial charge in [-0.2, -0.15) is 9.78 Å². The second-order valence-electron chi connectivity index (χ2n) is 5.23. The number of nitrogens with zero attached hydrogens (tertiary/aromatic N) is 3. The number of rotatable bonds is 2. The zero-order chi connectivity index (χ0) is 16.7. The number of H-pyrrole nitrogens is 1. The van der Waals surface area contributed by atoms with Gasteiger partial charge in [-0.1, -0.05) is 39.7 Å². The van der Waals surface area contributed by atoms with E-state index in [-0.39, 0.29) is 5.56 Å². The predicted octanol–water partition coefficient (Wildman–Crippen LogP) is 4.18. The van der Waals surface area contributed by atoms with Gasteiger partial charge in [0.15, 0.2) is 0 Å². The minimum Gasteiger partial charge on any atom is -0.349 e. The average molecular weight is 402 g/mol. The zero-order valence-corrected chi connectivity index (χ0v) is 14.5. The molecule has 1 N–H and O–H groups in total. The van der Waals surface area contributed by atoms with Crippen molar-refractivity contribution in [3.05, 3.63) is 74.2 Å². The van der Waals surface area contributed by atoms with Crippen LogP contribution in [0.2, 0.25) is 5.02 Å². The molecule has 0 atom stereocenters. The molecule has 0 unspecified atom stereocenters. The molecule has 0 amide bonds. The van der Waals surface area contributed by atoms with Crippen LogP contribution in [0.5, 0.6) is 0 Å². The molecule has 4 rings (SSSR count). The molecule has 118 valence electrons. The molecule has 0 fully saturated rings. The summed E-state index contributed by atoms with van der Waals surface area (Å²) in [7, 11) is 0. The molecule has 5 nitrogen and oxygen atoms in total. The number of aromatic nitrogens is 3. The molecule has 2 aromatic carbocycles. The fraction of sp³-hybridized carbons (Fsp3) is 0. The molecule has 0 radical (unpaired) electrons. The minimum absolute atomic E-state index is 0.263.